The van der Waals surface area contributed by atoms with Crippen LogP contribution in [0.4, 0.5) is 0 Å². The molecule has 2 unspecified atom stereocenters. The highest BCUT2D eigenvalue weighted by Gasteiger charge is 2.37. The van der Waals surface area contributed by atoms with Crippen molar-refractivity contribution in [1.82, 2.24) is 4.90 Å². The van der Waals surface area contributed by atoms with E-state index in [0.717, 1.165) is 12.0 Å². The molecule has 2 aliphatic rings. The van der Waals surface area contributed by atoms with E-state index in [0.29, 0.717) is 5.41 Å². The Hall–Kier alpha value is -0.460. The van der Waals surface area contributed by atoms with Crippen LogP contribution >= 0.6 is 0 Å². The standard InChI is InChI=1S/C13H23N/c1-13(2,3)12-9-10-7-5-6-8-11(10)14(12)4/h9-11H,5-8H2,1-4H3. The molecular weight excluding hydrogens is 170 g/mol. The fourth-order valence-corrected chi connectivity index (χ4v) is 3.09. The van der Waals surface area contributed by atoms with E-state index >= 15 is 0 Å². The molecule has 1 heterocycles. The largest absolute Gasteiger partial charge is 0.374 e. The maximum absolute atomic E-state index is 2.55. The van der Waals surface area contributed by atoms with E-state index in [2.05, 4.69) is 38.8 Å². The summed E-state index contributed by atoms with van der Waals surface area (Å²) >= 11 is 0. The summed E-state index contributed by atoms with van der Waals surface area (Å²) in [7, 11) is 2.28. The Bertz CT molecular complexity index is 246. The molecule has 0 aromatic rings. The molecule has 1 nitrogen and oxygen atoms in total. The van der Waals surface area contributed by atoms with Gasteiger partial charge in [-0.3, -0.25) is 0 Å². The molecule has 0 radical (unpaired) electrons. The van der Waals surface area contributed by atoms with Gasteiger partial charge in [0.1, 0.15) is 0 Å². The first-order chi connectivity index (χ1) is 6.50. The van der Waals surface area contributed by atoms with Crippen LogP contribution in [0.1, 0.15) is 46.5 Å². The molecule has 14 heavy (non-hydrogen) atoms. The van der Waals surface area contributed by atoms with E-state index in [1.165, 1.54) is 25.7 Å². The summed E-state index contributed by atoms with van der Waals surface area (Å²) in [6.45, 7) is 6.98. The molecule has 0 saturated heterocycles. The minimum absolute atomic E-state index is 0.325. The van der Waals surface area contributed by atoms with E-state index < -0.39 is 0 Å². The summed E-state index contributed by atoms with van der Waals surface area (Å²) in [5, 5.41) is 0. The van der Waals surface area contributed by atoms with Crippen LogP contribution in [-0.4, -0.2) is 18.0 Å². The van der Waals surface area contributed by atoms with Gasteiger partial charge in [0.2, 0.25) is 0 Å². The van der Waals surface area contributed by atoms with Crippen LogP contribution < -0.4 is 0 Å². The first kappa shape index (κ1) is 10.1. The predicted octanol–water partition coefficient (Wildman–Crippen LogP) is 3.42. The van der Waals surface area contributed by atoms with Gasteiger partial charge in [0.05, 0.1) is 0 Å². The van der Waals surface area contributed by atoms with Crippen LogP contribution in [0.5, 0.6) is 0 Å². The molecular formula is C13H23N. The SMILES string of the molecule is CN1C(C(C)(C)C)=CC2CCCCC21. The number of hydrogen-bond acceptors (Lipinski definition) is 1. The smallest absolute Gasteiger partial charge is 0.0347 e. The van der Waals surface area contributed by atoms with E-state index in [9.17, 15) is 0 Å². The average Bonchev–Trinajstić information content (AvgIpc) is 2.44. The topological polar surface area (TPSA) is 3.24 Å². The second-order valence-corrected chi connectivity index (χ2v) is 5.93. The molecule has 1 fully saturated rings. The summed E-state index contributed by atoms with van der Waals surface area (Å²) in [5.41, 5.74) is 1.89. The van der Waals surface area contributed by atoms with Crippen molar-refractivity contribution in [2.75, 3.05) is 7.05 Å². The lowest BCUT2D eigenvalue weighted by Crippen LogP contribution is -2.35. The molecule has 1 aliphatic carbocycles. The summed E-state index contributed by atoms with van der Waals surface area (Å²) in [4.78, 5) is 2.55. The monoisotopic (exact) mass is 193 g/mol. The van der Waals surface area contributed by atoms with Gasteiger partial charge in [0.25, 0.3) is 0 Å². The minimum Gasteiger partial charge on any atom is -0.374 e. The molecule has 0 bridgehead atoms. The van der Waals surface area contributed by atoms with Crippen molar-refractivity contribution in [3.05, 3.63) is 11.8 Å². The molecule has 0 N–H and O–H groups in total. The molecule has 80 valence electrons. The lowest BCUT2D eigenvalue weighted by molar-refractivity contribution is 0.197. The highest BCUT2D eigenvalue weighted by molar-refractivity contribution is 5.20. The van der Waals surface area contributed by atoms with Crippen molar-refractivity contribution in [3.63, 3.8) is 0 Å². The number of nitrogens with zero attached hydrogens (tertiary/aromatic N) is 1. The minimum atomic E-state index is 0.325. The van der Waals surface area contributed by atoms with Crippen molar-refractivity contribution in [2.45, 2.75) is 52.5 Å². The molecule has 2 atom stereocenters. The van der Waals surface area contributed by atoms with Crippen LogP contribution in [0, 0.1) is 11.3 Å². The fourth-order valence-electron chi connectivity index (χ4n) is 3.09. The van der Waals surface area contributed by atoms with Crippen LogP contribution in [0.2, 0.25) is 0 Å². The Kier molecular flexibility index (Phi) is 2.36. The second kappa shape index (κ2) is 3.29. The van der Waals surface area contributed by atoms with Crippen LogP contribution in [-0.2, 0) is 0 Å². The van der Waals surface area contributed by atoms with Crippen molar-refractivity contribution in [3.8, 4) is 0 Å². The van der Waals surface area contributed by atoms with Crippen molar-refractivity contribution in [2.24, 2.45) is 11.3 Å². The lowest BCUT2D eigenvalue weighted by Gasteiger charge is -2.35. The highest BCUT2D eigenvalue weighted by Crippen LogP contribution is 2.42. The van der Waals surface area contributed by atoms with E-state index in [1.807, 2.05) is 0 Å². The summed E-state index contributed by atoms with van der Waals surface area (Å²) in [5.74, 6) is 0.850. The van der Waals surface area contributed by atoms with E-state index in [-0.39, 0.29) is 0 Å². The van der Waals surface area contributed by atoms with Crippen LogP contribution in [0.15, 0.2) is 11.8 Å². The number of rotatable bonds is 0. The van der Waals surface area contributed by atoms with Crippen molar-refractivity contribution < 1.29 is 0 Å². The van der Waals surface area contributed by atoms with Gasteiger partial charge in [-0.05, 0) is 18.8 Å². The summed E-state index contributed by atoms with van der Waals surface area (Å²) in [6, 6.07) is 0.818. The van der Waals surface area contributed by atoms with Gasteiger partial charge in [-0.1, -0.05) is 39.7 Å². The predicted molar refractivity (Wildman–Crippen MR) is 61.0 cm³/mol. The van der Waals surface area contributed by atoms with Crippen molar-refractivity contribution >= 4 is 0 Å². The normalized spacial score (nSPS) is 32.9. The van der Waals surface area contributed by atoms with Gasteiger partial charge in [-0.15, -0.1) is 0 Å². The summed E-state index contributed by atoms with van der Waals surface area (Å²) in [6.07, 6.45) is 8.22. The molecule has 0 aromatic heterocycles. The third-order valence-corrected chi connectivity index (χ3v) is 3.80. The molecule has 1 heteroatoms. The van der Waals surface area contributed by atoms with Gasteiger partial charge < -0.3 is 4.90 Å². The Morgan fingerprint density at radius 3 is 2.43 bits per heavy atom. The maximum atomic E-state index is 2.55. The lowest BCUT2D eigenvalue weighted by atomic mass is 9.85. The maximum Gasteiger partial charge on any atom is 0.0347 e. The van der Waals surface area contributed by atoms with Crippen LogP contribution in [0.3, 0.4) is 0 Å². The zero-order valence-electron chi connectivity index (χ0n) is 10.0. The quantitative estimate of drug-likeness (QED) is 0.570. The van der Waals surface area contributed by atoms with Crippen LogP contribution in [0.25, 0.3) is 0 Å². The Morgan fingerprint density at radius 2 is 1.86 bits per heavy atom. The zero-order chi connectivity index (χ0) is 10.3. The Balaban J connectivity index is 2.20. The Labute approximate surface area is 88.2 Å². The van der Waals surface area contributed by atoms with Gasteiger partial charge in [0.15, 0.2) is 0 Å². The van der Waals surface area contributed by atoms with Gasteiger partial charge in [-0.25, -0.2) is 0 Å². The van der Waals surface area contributed by atoms with Gasteiger partial charge in [0, 0.05) is 24.2 Å². The number of hydrogen-bond donors (Lipinski definition) is 0. The number of fused-ring (bicyclic) bond motifs is 1. The molecule has 0 spiro atoms. The first-order valence-corrected chi connectivity index (χ1v) is 5.95. The molecule has 0 aromatic carbocycles. The van der Waals surface area contributed by atoms with Gasteiger partial charge in [-0.2, -0.15) is 0 Å². The Morgan fingerprint density at radius 1 is 1.21 bits per heavy atom. The molecule has 0 amide bonds. The van der Waals surface area contributed by atoms with Crippen molar-refractivity contribution in [1.29, 1.82) is 0 Å². The number of allylic oxidation sites excluding steroid dienone is 1. The van der Waals surface area contributed by atoms with Gasteiger partial charge >= 0.3 is 0 Å². The van der Waals surface area contributed by atoms with E-state index in [1.54, 1.807) is 5.70 Å². The molecule has 2 rings (SSSR count). The summed E-state index contributed by atoms with van der Waals surface area (Å²) < 4.78 is 0. The molecule has 1 aliphatic heterocycles. The average molecular weight is 193 g/mol. The fraction of sp³-hybridized carbons (Fsp3) is 0.846. The van der Waals surface area contributed by atoms with E-state index in [4.69, 9.17) is 0 Å². The second-order valence-electron chi connectivity index (χ2n) is 5.93. The first-order valence-electron chi connectivity index (χ1n) is 5.95. The third kappa shape index (κ3) is 1.57. The third-order valence-electron chi connectivity index (χ3n) is 3.80. The molecule has 1 saturated carbocycles. The zero-order valence-corrected chi connectivity index (χ0v) is 10.0. The highest BCUT2D eigenvalue weighted by atomic mass is 15.2.